The summed E-state index contributed by atoms with van der Waals surface area (Å²) in [5, 5.41) is 9.17. The fourth-order valence-electron chi connectivity index (χ4n) is 4.50. The lowest BCUT2D eigenvalue weighted by Gasteiger charge is -2.20. The van der Waals surface area contributed by atoms with Gasteiger partial charge in [-0.3, -0.25) is 14.4 Å². The van der Waals surface area contributed by atoms with Crippen LogP contribution in [0.4, 0.5) is 33.2 Å². The molecule has 242 valence electrons. The number of amides is 2. The first-order chi connectivity index (χ1) is 22.3. The molecule has 10 nitrogen and oxygen atoms in total. The minimum atomic E-state index is -0.650. The van der Waals surface area contributed by atoms with E-state index in [9.17, 15) is 14.0 Å². The van der Waals surface area contributed by atoms with Crippen molar-refractivity contribution in [3.8, 4) is 0 Å². The Morgan fingerprint density at radius 2 is 1.72 bits per heavy atom. The van der Waals surface area contributed by atoms with Gasteiger partial charge < -0.3 is 20.3 Å². The van der Waals surface area contributed by atoms with Crippen LogP contribution in [0.15, 0.2) is 79.0 Å². The first-order valence-corrected chi connectivity index (χ1v) is 16.3. The summed E-state index contributed by atoms with van der Waals surface area (Å²) in [5.41, 5.74) is 6.56. The molecule has 3 aromatic carbocycles. The monoisotopic (exact) mass is 645 g/mol. The predicted octanol–water partition coefficient (Wildman–Crippen LogP) is 7.05. The van der Waals surface area contributed by atoms with E-state index in [2.05, 4.69) is 31.4 Å². The number of aryl methyl sites for hydroxylation is 1. The number of para-hydroxylation sites is 2. The fourth-order valence-corrected chi connectivity index (χ4v) is 4.86. The van der Waals surface area contributed by atoms with E-state index in [1.165, 1.54) is 12.1 Å². The van der Waals surface area contributed by atoms with Crippen molar-refractivity contribution in [2.45, 2.75) is 45.6 Å². The molecule has 0 spiro atoms. The number of hydrogen-bond acceptors (Lipinski definition) is 9. The van der Waals surface area contributed by atoms with Gasteiger partial charge in [-0.25, -0.2) is 14.9 Å². The largest absolute Gasteiger partial charge is 0.352 e. The van der Waals surface area contributed by atoms with Crippen LogP contribution < -0.4 is 25.7 Å². The van der Waals surface area contributed by atoms with Crippen LogP contribution in [0.2, 0.25) is 0 Å². The summed E-state index contributed by atoms with van der Waals surface area (Å²) >= 11 is 1.59. The topological polar surface area (TPSA) is 121 Å². The van der Waals surface area contributed by atoms with E-state index < -0.39 is 11.7 Å². The molecular formula is C34H40FN7O3S. The molecule has 12 heteroatoms. The predicted molar refractivity (Wildman–Crippen MR) is 183 cm³/mol. The minimum absolute atomic E-state index is 0.0422. The van der Waals surface area contributed by atoms with E-state index in [1.807, 2.05) is 79.1 Å². The normalized spacial score (nSPS) is 10.7. The molecule has 1 heterocycles. The summed E-state index contributed by atoms with van der Waals surface area (Å²) in [5.74, 6) is -0.387. The number of hydroxylamine groups is 1. The van der Waals surface area contributed by atoms with Gasteiger partial charge >= 0.3 is 0 Å². The molecule has 0 saturated carbocycles. The highest BCUT2D eigenvalue weighted by Gasteiger charge is 2.14. The Balaban J connectivity index is 1.18. The van der Waals surface area contributed by atoms with E-state index in [0.29, 0.717) is 37.5 Å². The number of hydrogen-bond donors (Lipinski definition) is 4. The molecule has 4 N–H and O–H groups in total. The molecule has 0 bridgehead atoms. The Hall–Kier alpha value is -4.68. The molecule has 46 heavy (non-hydrogen) atoms. The Labute approximate surface area is 273 Å². The highest BCUT2D eigenvalue weighted by Crippen LogP contribution is 2.31. The van der Waals surface area contributed by atoms with Crippen LogP contribution in [0.1, 0.15) is 53.6 Å². The molecular weight excluding hydrogens is 605 g/mol. The van der Waals surface area contributed by atoms with Gasteiger partial charge in [0.2, 0.25) is 11.9 Å². The molecule has 0 aliphatic heterocycles. The van der Waals surface area contributed by atoms with Crippen LogP contribution in [0.3, 0.4) is 0 Å². The Kier molecular flexibility index (Phi) is 13.2. The van der Waals surface area contributed by atoms with E-state index in [0.717, 1.165) is 41.8 Å². The number of anilines is 5. The third-order valence-corrected chi connectivity index (χ3v) is 7.84. The van der Waals surface area contributed by atoms with Gasteiger partial charge in [0, 0.05) is 43.7 Å². The molecule has 1 aromatic heterocycles. The van der Waals surface area contributed by atoms with Crippen molar-refractivity contribution >= 4 is 52.6 Å². The maximum absolute atomic E-state index is 14.9. The summed E-state index contributed by atoms with van der Waals surface area (Å²) in [7, 11) is 1.99. The van der Waals surface area contributed by atoms with Gasteiger partial charge in [-0.05, 0) is 55.7 Å². The van der Waals surface area contributed by atoms with Crippen LogP contribution in [0, 0.1) is 12.7 Å². The lowest BCUT2D eigenvalue weighted by Crippen LogP contribution is -2.25. The third kappa shape index (κ3) is 10.5. The number of carbonyl (C=O) groups excluding carboxylic acids is 2. The van der Waals surface area contributed by atoms with E-state index in [-0.39, 0.29) is 17.4 Å². The van der Waals surface area contributed by atoms with Gasteiger partial charge in [0.1, 0.15) is 11.6 Å². The van der Waals surface area contributed by atoms with Crippen molar-refractivity contribution in [3.63, 3.8) is 0 Å². The molecule has 4 aromatic rings. The third-order valence-electron chi connectivity index (χ3n) is 7.10. The second-order valence-electron chi connectivity index (χ2n) is 10.6. The van der Waals surface area contributed by atoms with Crippen LogP contribution in [-0.4, -0.2) is 41.6 Å². The average Bonchev–Trinajstić information content (AvgIpc) is 3.06. The van der Waals surface area contributed by atoms with Gasteiger partial charge in [-0.1, -0.05) is 67.3 Å². The molecule has 0 unspecified atom stereocenters. The standard InChI is InChI=1S/C34H40FN7O3S/c1-24-22-37-34(40-32(24)39-29-15-10-11-16-30(29)42(2)46-3)38-26-18-19-27(28(35)21-26)33(44)36-20-12-5-4-9-17-31(43)41-45-23-25-13-7-6-8-14-25/h6-8,10-11,13-16,18-19,21-22H,4-5,9,12,17,20,23H2,1-3H3,(H,36,44)(H,41,43)(H2,37,38,39,40). The Bertz CT molecular complexity index is 1590. The van der Waals surface area contributed by atoms with E-state index >= 15 is 0 Å². The van der Waals surface area contributed by atoms with Gasteiger partial charge in [-0.2, -0.15) is 4.98 Å². The number of halogens is 1. The molecule has 0 atom stereocenters. The Morgan fingerprint density at radius 3 is 2.50 bits per heavy atom. The Morgan fingerprint density at radius 1 is 0.957 bits per heavy atom. The lowest BCUT2D eigenvalue weighted by atomic mass is 10.1. The van der Waals surface area contributed by atoms with Crippen molar-refractivity contribution in [1.29, 1.82) is 0 Å². The van der Waals surface area contributed by atoms with Crippen LogP contribution >= 0.6 is 11.9 Å². The lowest BCUT2D eigenvalue weighted by molar-refractivity contribution is -0.134. The van der Waals surface area contributed by atoms with Crippen molar-refractivity contribution in [2.75, 3.05) is 34.8 Å². The highest BCUT2D eigenvalue weighted by atomic mass is 32.2. The zero-order valence-electron chi connectivity index (χ0n) is 26.3. The maximum atomic E-state index is 14.9. The average molecular weight is 646 g/mol. The molecule has 0 aliphatic rings. The maximum Gasteiger partial charge on any atom is 0.254 e. The second-order valence-corrected chi connectivity index (χ2v) is 11.5. The quantitative estimate of drug-likeness (QED) is 0.0544. The summed E-state index contributed by atoms with van der Waals surface area (Å²) in [6, 6.07) is 21.8. The highest BCUT2D eigenvalue weighted by molar-refractivity contribution is 7.99. The van der Waals surface area contributed by atoms with Gasteiger partial charge in [-0.15, -0.1) is 0 Å². The molecule has 4 rings (SSSR count). The zero-order valence-corrected chi connectivity index (χ0v) is 27.1. The number of benzene rings is 3. The summed E-state index contributed by atoms with van der Waals surface area (Å²) in [4.78, 5) is 38.7. The molecule has 0 radical (unpaired) electrons. The van der Waals surface area contributed by atoms with Gasteiger partial charge in [0.25, 0.3) is 5.91 Å². The smallest absolute Gasteiger partial charge is 0.254 e. The second kappa shape index (κ2) is 17.7. The number of carbonyl (C=O) groups is 2. The number of unbranched alkanes of at least 4 members (excludes halogenated alkanes) is 3. The first-order valence-electron chi connectivity index (χ1n) is 15.1. The van der Waals surface area contributed by atoms with E-state index in [4.69, 9.17) is 4.84 Å². The van der Waals surface area contributed by atoms with Gasteiger partial charge in [0.15, 0.2) is 0 Å². The van der Waals surface area contributed by atoms with E-state index in [1.54, 1.807) is 24.2 Å². The summed E-state index contributed by atoms with van der Waals surface area (Å²) in [6.07, 6.45) is 7.14. The molecule has 0 fully saturated rings. The van der Waals surface area contributed by atoms with Crippen molar-refractivity contribution in [3.05, 3.63) is 102 Å². The van der Waals surface area contributed by atoms with Crippen molar-refractivity contribution in [1.82, 2.24) is 20.8 Å². The number of rotatable bonds is 17. The van der Waals surface area contributed by atoms with Crippen molar-refractivity contribution < 1.29 is 18.8 Å². The number of nitrogens with zero attached hydrogens (tertiary/aromatic N) is 3. The first kappa shape index (κ1) is 34.2. The molecule has 0 aliphatic carbocycles. The van der Waals surface area contributed by atoms with Crippen LogP contribution in [0.25, 0.3) is 0 Å². The summed E-state index contributed by atoms with van der Waals surface area (Å²) < 4.78 is 17.0. The SMILES string of the molecule is CSN(C)c1ccccc1Nc1nc(Nc2ccc(C(=O)NCCCCCCC(=O)NOCc3ccccc3)c(F)c2)ncc1C. The van der Waals surface area contributed by atoms with Gasteiger partial charge in [0.05, 0.1) is 23.5 Å². The zero-order chi connectivity index (χ0) is 32.7. The van der Waals surface area contributed by atoms with Crippen LogP contribution in [-0.2, 0) is 16.2 Å². The number of aromatic nitrogens is 2. The molecule has 2 amide bonds. The number of nitrogens with one attached hydrogen (secondary N) is 4. The summed E-state index contributed by atoms with van der Waals surface area (Å²) in [6.45, 7) is 2.63. The minimum Gasteiger partial charge on any atom is -0.352 e. The molecule has 0 saturated heterocycles. The van der Waals surface area contributed by atoms with Crippen LogP contribution in [0.5, 0.6) is 0 Å². The van der Waals surface area contributed by atoms with Crippen molar-refractivity contribution in [2.24, 2.45) is 0 Å². The fraction of sp³-hybridized carbons (Fsp3) is 0.294.